The topological polar surface area (TPSA) is 151 Å². The number of nitrogens with zero attached hydrogens (tertiary/aromatic N) is 7. The van der Waals surface area contributed by atoms with Crippen molar-refractivity contribution in [3.05, 3.63) is 81.5 Å². The normalized spacial score (nSPS) is 12.6. The molecule has 0 spiro atoms. The molecule has 14 heteroatoms. The minimum atomic E-state index is -3.60. The summed E-state index contributed by atoms with van der Waals surface area (Å²) < 4.78 is 34.8. The van der Waals surface area contributed by atoms with Gasteiger partial charge in [0.2, 0.25) is 10.0 Å². The van der Waals surface area contributed by atoms with Crippen LogP contribution >= 0.6 is 11.3 Å². The first-order chi connectivity index (χ1) is 20.9. The van der Waals surface area contributed by atoms with Crippen LogP contribution in [0.4, 0.5) is 11.5 Å². The second-order valence-electron chi connectivity index (χ2n) is 10.6. The zero-order valence-corrected chi connectivity index (χ0v) is 26.6. The van der Waals surface area contributed by atoms with Crippen molar-refractivity contribution < 1.29 is 13.2 Å². The van der Waals surface area contributed by atoms with Crippen LogP contribution < -0.4 is 20.3 Å². The zero-order chi connectivity index (χ0) is 31.5. The third-order valence-electron chi connectivity index (χ3n) is 7.64. The van der Waals surface area contributed by atoms with Crippen molar-refractivity contribution in [1.29, 1.82) is 0 Å². The van der Waals surface area contributed by atoms with Gasteiger partial charge in [-0.15, -0.1) is 11.3 Å². The molecule has 4 aromatic heterocycles. The first-order valence-corrected chi connectivity index (χ1v) is 16.3. The van der Waals surface area contributed by atoms with E-state index >= 15 is 0 Å². The van der Waals surface area contributed by atoms with E-state index < -0.39 is 16.1 Å². The minimum absolute atomic E-state index is 0.171. The highest BCUT2D eigenvalue weighted by molar-refractivity contribution is 7.92. The molecule has 4 heterocycles. The number of benzene rings is 2. The predicted molar refractivity (Wildman–Crippen MR) is 173 cm³/mol. The summed E-state index contributed by atoms with van der Waals surface area (Å²) in [5.74, 6) is 0.573. The van der Waals surface area contributed by atoms with E-state index in [1.165, 1.54) is 31.8 Å². The third-order valence-corrected chi connectivity index (χ3v) is 9.78. The molecule has 0 saturated carbocycles. The number of sulfonamides is 1. The smallest absolute Gasteiger partial charge is 0.266 e. The molecule has 6 aromatic rings. The summed E-state index contributed by atoms with van der Waals surface area (Å²) in [6, 6.07) is 12.3. The molecular weight excluding hydrogens is 601 g/mol. The van der Waals surface area contributed by atoms with E-state index in [0.717, 1.165) is 27.4 Å². The number of fused-ring (bicyclic) bond motifs is 2. The maximum atomic E-state index is 14.1. The summed E-state index contributed by atoms with van der Waals surface area (Å²) in [7, 11) is -0.675. The second kappa shape index (κ2) is 10.7. The number of hydrogen-bond acceptors (Lipinski definition) is 10. The lowest BCUT2D eigenvalue weighted by Gasteiger charge is -2.20. The van der Waals surface area contributed by atoms with Gasteiger partial charge in [-0.2, -0.15) is 5.10 Å². The fraction of sp³-hybridized carbons (Fsp3) is 0.233. The third kappa shape index (κ3) is 4.75. The number of nitrogen functional groups attached to an aromatic ring is 1. The number of aryl methyl sites for hydroxylation is 2. The molecule has 0 bridgehead atoms. The largest absolute Gasteiger partial charge is 0.495 e. The van der Waals surface area contributed by atoms with Crippen LogP contribution in [-0.4, -0.2) is 58.0 Å². The molecule has 1 atom stereocenters. The maximum absolute atomic E-state index is 14.1. The number of methoxy groups -OCH3 is 1. The summed E-state index contributed by atoms with van der Waals surface area (Å²) in [6.45, 7) is 5.76. The lowest BCUT2D eigenvalue weighted by Crippen LogP contribution is -2.25. The van der Waals surface area contributed by atoms with Gasteiger partial charge in [0, 0.05) is 23.7 Å². The average molecular weight is 631 g/mol. The second-order valence-corrected chi connectivity index (χ2v) is 13.4. The fourth-order valence-electron chi connectivity index (χ4n) is 5.32. The van der Waals surface area contributed by atoms with Gasteiger partial charge >= 0.3 is 0 Å². The number of anilines is 2. The Hall–Kier alpha value is -4.82. The van der Waals surface area contributed by atoms with E-state index in [4.69, 9.17) is 20.6 Å². The van der Waals surface area contributed by atoms with E-state index in [-0.39, 0.29) is 11.4 Å². The molecule has 0 saturated heterocycles. The van der Waals surface area contributed by atoms with Crippen LogP contribution in [0.2, 0.25) is 0 Å². The molecule has 44 heavy (non-hydrogen) atoms. The minimum Gasteiger partial charge on any atom is -0.495 e. The number of ether oxygens (including phenoxy) is 1. The monoisotopic (exact) mass is 630 g/mol. The Labute approximate surface area is 257 Å². The Kier molecular flexibility index (Phi) is 7.13. The highest BCUT2D eigenvalue weighted by Crippen LogP contribution is 2.39. The summed E-state index contributed by atoms with van der Waals surface area (Å²) in [6.07, 6.45) is 2.48. The van der Waals surface area contributed by atoms with Gasteiger partial charge in [-0.1, -0.05) is 29.8 Å². The first kappa shape index (κ1) is 29.3. The van der Waals surface area contributed by atoms with Crippen molar-refractivity contribution in [2.24, 2.45) is 0 Å². The van der Waals surface area contributed by atoms with Crippen molar-refractivity contribution in [1.82, 2.24) is 29.1 Å². The molecule has 12 nitrogen and oxygen atoms in total. The Balaban J connectivity index is 1.61. The van der Waals surface area contributed by atoms with E-state index in [2.05, 4.69) is 9.97 Å². The van der Waals surface area contributed by atoms with Gasteiger partial charge in [-0.3, -0.25) is 13.5 Å². The van der Waals surface area contributed by atoms with E-state index in [0.29, 0.717) is 49.9 Å². The molecule has 0 unspecified atom stereocenters. The highest BCUT2D eigenvalue weighted by atomic mass is 32.2. The van der Waals surface area contributed by atoms with Crippen LogP contribution in [0.1, 0.15) is 29.9 Å². The van der Waals surface area contributed by atoms with Gasteiger partial charge in [0.05, 0.1) is 41.7 Å². The number of rotatable bonds is 7. The molecule has 226 valence electrons. The van der Waals surface area contributed by atoms with E-state index in [1.54, 1.807) is 27.3 Å². The van der Waals surface area contributed by atoms with Crippen molar-refractivity contribution in [3.63, 3.8) is 0 Å². The highest BCUT2D eigenvalue weighted by Gasteiger charge is 2.27. The molecular formula is C30H30N8O4S2. The molecule has 0 radical (unpaired) electrons. The zero-order valence-electron chi connectivity index (χ0n) is 24.9. The molecule has 0 amide bonds. The Bertz CT molecular complexity index is 2260. The predicted octanol–water partition coefficient (Wildman–Crippen LogP) is 4.44. The van der Waals surface area contributed by atoms with Crippen LogP contribution in [0.25, 0.3) is 38.4 Å². The molecule has 0 fully saturated rings. The molecule has 0 aliphatic heterocycles. The Morgan fingerprint density at radius 3 is 2.57 bits per heavy atom. The summed E-state index contributed by atoms with van der Waals surface area (Å²) in [5.41, 5.74) is 11.6. The number of hydrogen-bond donors (Lipinski definition) is 1. The Morgan fingerprint density at radius 2 is 1.86 bits per heavy atom. The van der Waals surface area contributed by atoms with Crippen LogP contribution in [0, 0.1) is 13.8 Å². The standard InChI is InChI=1S/C30H30N8O4S2/c1-16-8-7-9-19(12-16)23-25(34-30-37(29(23)39)17(2)14-43-30)18(3)38-28-24(27(31)32-15-33-28)26(35-38)20-10-11-22(42-5)21(13-20)36(4)44(6,40)41/h7-15,18H,1-6H3,(H2,31,32,33)/t18-/m0/s1. The lowest BCUT2D eigenvalue weighted by molar-refractivity contribution is 0.416. The van der Waals surface area contributed by atoms with E-state index in [9.17, 15) is 13.2 Å². The van der Waals surface area contributed by atoms with Gasteiger partial charge in [-0.05, 0) is 44.5 Å². The van der Waals surface area contributed by atoms with E-state index in [1.807, 2.05) is 50.4 Å². The summed E-state index contributed by atoms with van der Waals surface area (Å²) in [4.78, 5) is 28.4. The van der Waals surface area contributed by atoms with Gasteiger partial charge < -0.3 is 10.5 Å². The first-order valence-electron chi connectivity index (χ1n) is 13.6. The molecule has 0 aliphatic rings. The van der Waals surface area contributed by atoms with Crippen molar-refractivity contribution >= 4 is 48.9 Å². The van der Waals surface area contributed by atoms with Gasteiger partial charge in [-0.25, -0.2) is 28.1 Å². The summed E-state index contributed by atoms with van der Waals surface area (Å²) in [5, 5.41) is 7.35. The average Bonchev–Trinajstić information content (AvgIpc) is 3.57. The van der Waals surface area contributed by atoms with Gasteiger partial charge in [0.15, 0.2) is 10.6 Å². The van der Waals surface area contributed by atoms with Crippen LogP contribution in [-0.2, 0) is 10.0 Å². The van der Waals surface area contributed by atoms with Crippen molar-refractivity contribution in [2.75, 3.05) is 30.5 Å². The van der Waals surface area contributed by atoms with Crippen LogP contribution in [0.5, 0.6) is 5.75 Å². The van der Waals surface area contributed by atoms with Gasteiger partial charge in [0.1, 0.15) is 23.6 Å². The number of aromatic nitrogens is 6. The molecule has 0 aliphatic carbocycles. The quantitative estimate of drug-likeness (QED) is 0.270. The lowest BCUT2D eigenvalue weighted by atomic mass is 10.00. The Morgan fingerprint density at radius 1 is 1.09 bits per heavy atom. The van der Waals surface area contributed by atoms with Gasteiger partial charge in [0.25, 0.3) is 5.56 Å². The van der Waals surface area contributed by atoms with Crippen LogP contribution in [0.15, 0.2) is 59.0 Å². The molecule has 2 N–H and O–H groups in total. The maximum Gasteiger partial charge on any atom is 0.266 e. The fourth-order valence-corrected chi connectivity index (χ4v) is 6.68. The molecule has 2 aromatic carbocycles. The molecule has 6 rings (SSSR count). The SMILES string of the molecule is COc1ccc(-c2nn([C@@H](C)c3nc4scc(C)n4c(=O)c3-c3cccc(C)c3)c3ncnc(N)c23)cc1N(C)S(C)(=O)=O. The van der Waals surface area contributed by atoms with Crippen molar-refractivity contribution in [2.45, 2.75) is 26.8 Å². The van der Waals surface area contributed by atoms with Crippen molar-refractivity contribution in [3.8, 4) is 28.1 Å². The number of nitrogens with two attached hydrogens (primary N) is 1. The number of thiazole rings is 1. The van der Waals surface area contributed by atoms with Crippen LogP contribution in [0.3, 0.4) is 0 Å². The summed E-state index contributed by atoms with van der Waals surface area (Å²) >= 11 is 1.39.